The molecule has 4 nitrogen and oxygen atoms in total. The highest BCUT2D eigenvalue weighted by Gasteiger charge is 2.10. The minimum atomic E-state index is 0.610. The van der Waals surface area contributed by atoms with E-state index in [1.807, 2.05) is 19.1 Å². The van der Waals surface area contributed by atoms with Gasteiger partial charge < -0.3 is 19.7 Å². The Morgan fingerprint density at radius 2 is 2.06 bits per heavy atom. The minimum absolute atomic E-state index is 0.610. The van der Waals surface area contributed by atoms with Gasteiger partial charge in [-0.2, -0.15) is 0 Å². The first-order chi connectivity index (χ1) is 8.90. The van der Waals surface area contributed by atoms with Crippen molar-refractivity contribution in [2.45, 2.75) is 6.92 Å². The van der Waals surface area contributed by atoms with E-state index in [1.165, 1.54) is 5.69 Å². The number of piperazine rings is 1. The second-order valence-electron chi connectivity index (χ2n) is 4.28. The van der Waals surface area contributed by atoms with Gasteiger partial charge in [-0.15, -0.1) is 0 Å². The highest BCUT2D eigenvalue weighted by Crippen LogP contribution is 2.21. The predicted octanol–water partition coefficient (Wildman–Crippen LogP) is 1.51. The van der Waals surface area contributed by atoms with Crippen molar-refractivity contribution in [1.82, 2.24) is 5.32 Å². The summed E-state index contributed by atoms with van der Waals surface area (Å²) in [7, 11) is 0. The Morgan fingerprint density at radius 1 is 1.22 bits per heavy atom. The molecule has 4 heteroatoms. The Kier molecular flexibility index (Phi) is 5.30. The van der Waals surface area contributed by atoms with Gasteiger partial charge in [0, 0.05) is 44.5 Å². The molecule has 0 aromatic heterocycles. The van der Waals surface area contributed by atoms with Gasteiger partial charge in [-0.25, -0.2) is 0 Å². The zero-order valence-corrected chi connectivity index (χ0v) is 11.0. The average Bonchev–Trinajstić information content (AvgIpc) is 2.45. The Balaban J connectivity index is 1.88. The molecule has 1 saturated heterocycles. The average molecular weight is 250 g/mol. The summed E-state index contributed by atoms with van der Waals surface area (Å²) in [5.74, 6) is 0.922. The lowest BCUT2D eigenvalue weighted by molar-refractivity contribution is 0.110. The van der Waals surface area contributed by atoms with Crippen molar-refractivity contribution in [2.75, 3.05) is 50.9 Å². The topological polar surface area (TPSA) is 33.7 Å². The van der Waals surface area contributed by atoms with Crippen molar-refractivity contribution in [3.8, 4) is 5.75 Å². The zero-order valence-electron chi connectivity index (χ0n) is 11.0. The Labute approximate surface area is 109 Å². The molecule has 1 aromatic carbocycles. The summed E-state index contributed by atoms with van der Waals surface area (Å²) in [5.41, 5.74) is 1.24. The summed E-state index contributed by atoms with van der Waals surface area (Å²) < 4.78 is 10.9. The summed E-state index contributed by atoms with van der Waals surface area (Å²) in [5, 5.41) is 3.36. The molecule has 1 fully saturated rings. The molecule has 1 heterocycles. The largest absolute Gasteiger partial charge is 0.491 e. The van der Waals surface area contributed by atoms with Gasteiger partial charge in [0.1, 0.15) is 12.4 Å². The van der Waals surface area contributed by atoms with Crippen molar-refractivity contribution in [3.05, 3.63) is 24.3 Å². The van der Waals surface area contributed by atoms with Crippen LogP contribution in [0.15, 0.2) is 24.3 Å². The molecule has 0 unspecified atom stereocenters. The number of nitrogens with zero attached hydrogens (tertiary/aromatic N) is 1. The first-order valence-corrected chi connectivity index (χ1v) is 6.66. The molecule has 0 radical (unpaired) electrons. The lowest BCUT2D eigenvalue weighted by Gasteiger charge is -2.29. The van der Waals surface area contributed by atoms with Crippen molar-refractivity contribution in [3.63, 3.8) is 0 Å². The van der Waals surface area contributed by atoms with Gasteiger partial charge in [-0.05, 0) is 19.1 Å². The molecule has 0 bridgehead atoms. The van der Waals surface area contributed by atoms with Crippen molar-refractivity contribution < 1.29 is 9.47 Å². The lowest BCUT2D eigenvalue weighted by Crippen LogP contribution is -2.43. The lowest BCUT2D eigenvalue weighted by atomic mass is 10.2. The van der Waals surface area contributed by atoms with E-state index in [9.17, 15) is 0 Å². The third-order valence-corrected chi connectivity index (χ3v) is 3.00. The zero-order chi connectivity index (χ0) is 12.6. The second-order valence-corrected chi connectivity index (χ2v) is 4.28. The molecule has 0 amide bonds. The van der Waals surface area contributed by atoms with Crippen LogP contribution in [0.4, 0.5) is 5.69 Å². The molecule has 1 aromatic rings. The van der Waals surface area contributed by atoms with Crippen LogP contribution in [0, 0.1) is 0 Å². The van der Waals surface area contributed by atoms with Gasteiger partial charge in [-0.3, -0.25) is 0 Å². The van der Waals surface area contributed by atoms with Crippen molar-refractivity contribution >= 4 is 5.69 Å². The third kappa shape index (κ3) is 3.89. The molecular weight excluding hydrogens is 228 g/mol. The predicted molar refractivity (Wildman–Crippen MR) is 73.5 cm³/mol. The molecule has 18 heavy (non-hydrogen) atoms. The molecule has 0 spiro atoms. The smallest absolute Gasteiger partial charge is 0.121 e. The highest BCUT2D eigenvalue weighted by atomic mass is 16.5. The Bertz CT molecular complexity index is 351. The third-order valence-electron chi connectivity index (χ3n) is 3.00. The highest BCUT2D eigenvalue weighted by molar-refractivity contribution is 5.51. The first-order valence-electron chi connectivity index (χ1n) is 6.66. The van der Waals surface area contributed by atoms with E-state index in [0.29, 0.717) is 13.2 Å². The summed E-state index contributed by atoms with van der Waals surface area (Å²) in [6.07, 6.45) is 0. The Morgan fingerprint density at radius 3 is 2.83 bits per heavy atom. The van der Waals surface area contributed by atoms with Crippen LogP contribution < -0.4 is 15.0 Å². The van der Waals surface area contributed by atoms with Gasteiger partial charge in [0.15, 0.2) is 0 Å². The first kappa shape index (κ1) is 13.2. The molecule has 0 atom stereocenters. The van der Waals surface area contributed by atoms with Crippen LogP contribution in [0.3, 0.4) is 0 Å². The fraction of sp³-hybridized carbons (Fsp3) is 0.571. The van der Waals surface area contributed by atoms with E-state index in [0.717, 1.165) is 38.5 Å². The van der Waals surface area contributed by atoms with Gasteiger partial charge in [0.2, 0.25) is 0 Å². The molecule has 1 aliphatic rings. The Hall–Kier alpha value is -1.26. The summed E-state index contributed by atoms with van der Waals surface area (Å²) in [6.45, 7) is 8.21. The van der Waals surface area contributed by atoms with Crippen LogP contribution in [0.1, 0.15) is 6.92 Å². The summed E-state index contributed by atoms with van der Waals surface area (Å²) in [6, 6.07) is 8.29. The number of anilines is 1. The van der Waals surface area contributed by atoms with E-state index in [-0.39, 0.29) is 0 Å². The van der Waals surface area contributed by atoms with Crippen LogP contribution in [0.2, 0.25) is 0 Å². The summed E-state index contributed by atoms with van der Waals surface area (Å²) in [4.78, 5) is 2.38. The van der Waals surface area contributed by atoms with E-state index < -0.39 is 0 Å². The van der Waals surface area contributed by atoms with Crippen LogP contribution >= 0.6 is 0 Å². The van der Waals surface area contributed by atoms with E-state index in [2.05, 4.69) is 22.3 Å². The van der Waals surface area contributed by atoms with E-state index >= 15 is 0 Å². The molecule has 1 N–H and O–H groups in total. The maximum atomic E-state index is 5.67. The molecule has 2 rings (SSSR count). The number of hydrogen-bond acceptors (Lipinski definition) is 4. The molecule has 100 valence electrons. The SMILES string of the molecule is CCOCCOc1cccc(N2CCNCC2)c1. The fourth-order valence-corrected chi connectivity index (χ4v) is 2.06. The van der Waals surface area contributed by atoms with Crippen LogP contribution in [-0.2, 0) is 4.74 Å². The molecule has 0 saturated carbocycles. The van der Waals surface area contributed by atoms with E-state index in [1.54, 1.807) is 0 Å². The minimum Gasteiger partial charge on any atom is -0.491 e. The quantitative estimate of drug-likeness (QED) is 0.776. The fourth-order valence-electron chi connectivity index (χ4n) is 2.06. The van der Waals surface area contributed by atoms with Gasteiger partial charge in [-0.1, -0.05) is 6.07 Å². The van der Waals surface area contributed by atoms with Crippen LogP contribution in [-0.4, -0.2) is 46.0 Å². The number of nitrogens with one attached hydrogen (secondary N) is 1. The molecule has 1 aliphatic heterocycles. The van der Waals surface area contributed by atoms with Gasteiger partial charge >= 0.3 is 0 Å². The van der Waals surface area contributed by atoms with Gasteiger partial charge in [0.25, 0.3) is 0 Å². The standard InChI is InChI=1S/C14H22N2O2/c1-2-17-10-11-18-14-5-3-4-13(12-14)16-8-6-15-7-9-16/h3-5,12,15H,2,6-11H2,1H3. The van der Waals surface area contributed by atoms with Crippen molar-refractivity contribution in [2.24, 2.45) is 0 Å². The maximum absolute atomic E-state index is 5.67. The van der Waals surface area contributed by atoms with E-state index in [4.69, 9.17) is 9.47 Å². The monoisotopic (exact) mass is 250 g/mol. The molecular formula is C14H22N2O2. The van der Waals surface area contributed by atoms with Gasteiger partial charge in [0.05, 0.1) is 6.61 Å². The number of benzene rings is 1. The summed E-state index contributed by atoms with van der Waals surface area (Å²) >= 11 is 0. The second kappa shape index (κ2) is 7.24. The molecule has 0 aliphatic carbocycles. The number of hydrogen-bond donors (Lipinski definition) is 1. The number of rotatable bonds is 6. The van der Waals surface area contributed by atoms with Crippen molar-refractivity contribution in [1.29, 1.82) is 0 Å². The number of ether oxygens (including phenoxy) is 2. The van der Waals surface area contributed by atoms with Crippen LogP contribution in [0.5, 0.6) is 5.75 Å². The maximum Gasteiger partial charge on any atom is 0.121 e. The normalized spacial score (nSPS) is 15.7. The van der Waals surface area contributed by atoms with Crippen LogP contribution in [0.25, 0.3) is 0 Å².